The molecule has 2 aromatic carbocycles. The second-order valence-corrected chi connectivity index (χ2v) is 4.66. The lowest BCUT2D eigenvalue weighted by atomic mass is 10.1. The highest BCUT2D eigenvalue weighted by Crippen LogP contribution is 2.26. The van der Waals surface area contributed by atoms with Crippen LogP contribution in [0.15, 0.2) is 42.5 Å². The first-order valence-corrected chi connectivity index (χ1v) is 6.86. The quantitative estimate of drug-likeness (QED) is 0.857. The van der Waals surface area contributed by atoms with Crippen LogP contribution in [0.3, 0.4) is 0 Å². The van der Waals surface area contributed by atoms with Gasteiger partial charge < -0.3 is 10.1 Å². The number of carbonyl (C=O) groups is 2. The van der Waals surface area contributed by atoms with Crippen molar-refractivity contribution in [2.45, 2.75) is 13.8 Å². The molecule has 0 aromatic heterocycles. The number of rotatable bonds is 5. The molecule has 0 radical (unpaired) electrons. The van der Waals surface area contributed by atoms with Crippen LogP contribution in [0.2, 0.25) is 0 Å². The van der Waals surface area contributed by atoms with E-state index in [4.69, 9.17) is 4.74 Å². The van der Waals surface area contributed by atoms with E-state index in [0.717, 1.165) is 0 Å². The van der Waals surface area contributed by atoms with Gasteiger partial charge >= 0.3 is 0 Å². The lowest BCUT2D eigenvalue weighted by molar-refractivity contribution is 0.101. The largest absolute Gasteiger partial charge is 0.492 e. The third-order valence-electron chi connectivity index (χ3n) is 3.04. The number of hydrogen-bond acceptors (Lipinski definition) is 3. The minimum Gasteiger partial charge on any atom is -0.492 e. The van der Waals surface area contributed by atoms with Gasteiger partial charge in [-0.25, -0.2) is 4.39 Å². The second kappa shape index (κ2) is 6.85. The molecule has 22 heavy (non-hydrogen) atoms. The molecule has 114 valence electrons. The number of amides is 1. The number of ketones is 1. The molecule has 0 atom stereocenters. The Morgan fingerprint density at radius 2 is 1.73 bits per heavy atom. The first-order chi connectivity index (χ1) is 10.5. The van der Waals surface area contributed by atoms with Gasteiger partial charge in [-0.05, 0) is 56.3 Å². The first kappa shape index (κ1) is 15.7. The van der Waals surface area contributed by atoms with E-state index >= 15 is 0 Å². The molecule has 0 bridgehead atoms. The van der Waals surface area contributed by atoms with Gasteiger partial charge in [0.25, 0.3) is 5.91 Å². The van der Waals surface area contributed by atoms with Crippen molar-refractivity contribution in [2.24, 2.45) is 0 Å². The molecule has 0 saturated heterocycles. The third-order valence-corrected chi connectivity index (χ3v) is 3.04. The van der Waals surface area contributed by atoms with Crippen molar-refractivity contribution < 1.29 is 18.7 Å². The molecule has 1 N–H and O–H groups in total. The average molecular weight is 301 g/mol. The number of ether oxygens (including phenoxy) is 1. The SMILES string of the molecule is CCOc1ccc(C(C)=O)cc1NC(=O)c1ccc(F)cc1. The molecule has 0 heterocycles. The standard InChI is InChI=1S/C17H16FNO3/c1-3-22-16-9-6-13(11(2)20)10-15(16)19-17(21)12-4-7-14(18)8-5-12/h4-10H,3H2,1-2H3,(H,19,21). The number of anilines is 1. The molecule has 0 aliphatic heterocycles. The molecule has 0 aliphatic carbocycles. The van der Waals surface area contributed by atoms with Crippen molar-refractivity contribution in [1.82, 2.24) is 0 Å². The van der Waals surface area contributed by atoms with E-state index in [-0.39, 0.29) is 5.78 Å². The fourth-order valence-corrected chi connectivity index (χ4v) is 1.92. The Morgan fingerprint density at radius 3 is 2.32 bits per heavy atom. The fourth-order valence-electron chi connectivity index (χ4n) is 1.92. The van der Waals surface area contributed by atoms with E-state index in [1.165, 1.54) is 31.2 Å². The van der Waals surface area contributed by atoms with Crippen LogP contribution in [-0.2, 0) is 0 Å². The van der Waals surface area contributed by atoms with Crippen LogP contribution < -0.4 is 10.1 Å². The maximum absolute atomic E-state index is 12.9. The van der Waals surface area contributed by atoms with Crippen LogP contribution in [0.1, 0.15) is 34.6 Å². The predicted octanol–water partition coefficient (Wildman–Crippen LogP) is 3.68. The summed E-state index contributed by atoms with van der Waals surface area (Å²) in [5.41, 5.74) is 1.19. The Bertz CT molecular complexity index is 696. The average Bonchev–Trinajstić information content (AvgIpc) is 2.49. The molecular formula is C17H16FNO3. The summed E-state index contributed by atoms with van der Waals surface area (Å²) in [7, 11) is 0. The molecule has 0 spiro atoms. The van der Waals surface area contributed by atoms with Gasteiger partial charge in [0.05, 0.1) is 12.3 Å². The predicted molar refractivity (Wildman–Crippen MR) is 82.0 cm³/mol. The molecule has 4 nitrogen and oxygen atoms in total. The lowest BCUT2D eigenvalue weighted by Crippen LogP contribution is -2.13. The molecule has 2 rings (SSSR count). The van der Waals surface area contributed by atoms with Gasteiger partial charge in [0.2, 0.25) is 0 Å². The van der Waals surface area contributed by atoms with E-state index < -0.39 is 11.7 Å². The van der Waals surface area contributed by atoms with Crippen LogP contribution in [0, 0.1) is 5.82 Å². The molecule has 0 fully saturated rings. The Labute approximate surface area is 127 Å². The van der Waals surface area contributed by atoms with Crippen LogP contribution in [0.4, 0.5) is 10.1 Å². The van der Waals surface area contributed by atoms with Gasteiger partial charge in [-0.2, -0.15) is 0 Å². The van der Waals surface area contributed by atoms with Crippen molar-refractivity contribution in [2.75, 3.05) is 11.9 Å². The van der Waals surface area contributed by atoms with Crippen LogP contribution in [0.5, 0.6) is 5.75 Å². The number of benzene rings is 2. The highest BCUT2D eigenvalue weighted by Gasteiger charge is 2.12. The van der Waals surface area contributed by atoms with E-state index in [1.54, 1.807) is 18.2 Å². The molecule has 5 heteroatoms. The summed E-state index contributed by atoms with van der Waals surface area (Å²) in [4.78, 5) is 23.7. The summed E-state index contributed by atoms with van der Waals surface area (Å²) >= 11 is 0. The number of carbonyl (C=O) groups excluding carboxylic acids is 2. The first-order valence-electron chi connectivity index (χ1n) is 6.86. The van der Waals surface area contributed by atoms with Crippen LogP contribution in [-0.4, -0.2) is 18.3 Å². The zero-order chi connectivity index (χ0) is 16.1. The second-order valence-electron chi connectivity index (χ2n) is 4.66. The zero-order valence-corrected chi connectivity index (χ0v) is 12.4. The Morgan fingerprint density at radius 1 is 1.09 bits per heavy atom. The smallest absolute Gasteiger partial charge is 0.255 e. The molecule has 0 saturated carbocycles. The highest BCUT2D eigenvalue weighted by atomic mass is 19.1. The van der Waals surface area contributed by atoms with Gasteiger partial charge in [0, 0.05) is 11.1 Å². The highest BCUT2D eigenvalue weighted by molar-refractivity contribution is 6.06. The molecule has 0 aliphatic rings. The summed E-state index contributed by atoms with van der Waals surface area (Å²) in [5.74, 6) is -0.449. The molecule has 0 unspecified atom stereocenters. The topological polar surface area (TPSA) is 55.4 Å². The summed E-state index contributed by atoms with van der Waals surface area (Å²) in [5, 5.41) is 2.69. The fraction of sp³-hybridized carbons (Fsp3) is 0.176. The zero-order valence-electron chi connectivity index (χ0n) is 12.4. The van der Waals surface area contributed by atoms with Crippen molar-refractivity contribution in [1.29, 1.82) is 0 Å². The lowest BCUT2D eigenvalue weighted by Gasteiger charge is -2.12. The Hall–Kier alpha value is -2.69. The Kier molecular flexibility index (Phi) is 4.88. The van der Waals surface area contributed by atoms with Crippen molar-refractivity contribution in [3.8, 4) is 5.75 Å². The third kappa shape index (κ3) is 3.69. The van der Waals surface area contributed by atoms with Crippen LogP contribution >= 0.6 is 0 Å². The normalized spacial score (nSPS) is 10.1. The van der Waals surface area contributed by atoms with Gasteiger partial charge in [-0.15, -0.1) is 0 Å². The molecule has 2 aromatic rings. The Balaban J connectivity index is 2.29. The maximum Gasteiger partial charge on any atom is 0.255 e. The number of Topliss-reactive ketones (excluding diaryl/α,β-unsaturated/α-hetero) is 1. The molecule has 1 amide bonds. The van der Waals surface area contributed by atoms with Crippen molar-refractivity contribution >= 4 is 17.4 Å². The van der Waals surface area contributed by atoms with Gasteiger partial charge in [-0.3, -0.25) is 9.59 Å². The monoisotopic (exact) mass is 301 g/mol. The van der Waals surface area contributed by atoms with Gasteiger partial charge in [-0.1, -0.05) is 0 Å². The number of hydrogen-bond donors (Lipinski definition) is 1. The van der Waals surface area contributed by atoms with E-state index in [1.807, 2.05) is 6.92 Å². The van der Waals surface area contributed by atoms with E-state index in [2.05, 4.69) is 5.32 Å². The summed E-state index contributed by atoms with van der Waals surface area (Å²) in [6, 6.07) is 10.0. The van der Waals surface area contributed by atoms with E-state index in [0.29, 0.717) is 29.2 Å². The van der Waals surface area contributed by atoms with Crippen molar-refractivity contribution in [3.63, 3.8) is 0 Å². The van der Waals surface area contributed by atoms with E-state index in [9.17, 15) is 14.0 Å². The summed E-state index contributed by atoms with van der Waals surface area (Å²) < 4.78 is 18.3. The van der Waals surface area contributed by atoms with Gasteiger partial charge in [0.1, 0.15) is 11.6 Å². The maximum atomic E-state index is 12.9. The summed E-state index contributed by atoms with van der Waals surface area (Å²) in [6.45, 7) is 3.70. The number of halogens is 1. The van der Waals surface area contributed by atoms with Crippen molar-refractivity contribution in [3.05, 3.63) is 59.4 Å². The number of nitrogens with one attached hydrogen (secondary N) is 1. The molecular weight excluding hydrogens is 285 g/mol. The minimum atomic E-state index is -0.412. The van der Waals surface area contributed by atoms with Crippen LogP contribution in [0.25, 0.3) is 0 Å². The summed E-state index contributed by atoms with van der Waals surface area (Å²) in [6.07, 6.45) is 0. The minimum absolute atomic E-state index is 0.111. The van der Waals surface area contributed by atoms with Gasteiger partial charge in [0.15, 0.2) is 5.78 Å².